The quantitative estimate of drug-likeness (QED) is 0.435. The van der Waals surface area contributed by atoms with Crippen molar-refractivity contribution in [1.29, 1.82) is 0 Å². The standard InChI is InChI=1S/C26H31F3N4O2/c1-4-30-25(35)33(18(2)3)17-24(34)32(16-19-9-11-21(12-10-19)26(27,28)29)14-13-20-15-31-23-8-6-5-7-22(20)23/h5-12,15,18,31H,4,13-14,16-17H2,1-3H3,(H,30,35). The number of nitrogens with one attached hydrogen (secondary N) is 2. The predicted octanol–water partition coefficient (Wildman–Crippen LogP) is 5.20. The molecule has 3 rings (SSSR count). The van der Waals surface area contributed by atoms with E-state index < -0.39 is 11.7 Å². The van der Waals surface area contributed by atoms with Crippen molar-refractivity contribution in [1.82, 2.24) is 20.1 Å². The molecule has 188 valence electrons. The number of alkyl halides is 3. The molecule has 0 saturated heterocycles. The molecule has 35 heavy (non-hydrogen) atoms. The lowest BCUT2D eigenvalue weighted by Crippen LogP contribution is -2.49. The Hall–Kier alpha value is -3.49. The molecule has 1 heterocycles. The number of carbonyl (C=O) groups excluding carboxylic acids is 2. The number of para-hydroxylation sites is 1. The monoisotopic (exact) mass is 488 g/mol. The molecule has 9 heteroatoms. The van der Waals surface area contributed by atoms with Gasteiger partial charge in [0.15, 0.2) is 0 Å². The third-order valence-corrected chi connectivity index (χ3v) is 5.85. The van der Waals surface area contributed by atoms with Crippen molar-refractivity contribution in [2.45, 2.75) is 46.0 Å². The van der Waals surface area contributed by atoms with Crippen LogP contribution in [0.2, 0.25) is 0 Å². The van der Waals surface area contributed by atoms with Crippen LogP contribution in [0, 0.1) is 0 Å². The Kier molecular flexibility index (Phi) is 8.43. The van der Waals surface area contributed by atoms with Gasteiger partial charge in [0.2, 0.25) is 5.91 Å². The summed E-state index contributed by atoms with van der Waals surface area (Å²) < 4.78 is 38.9. The molecule has 0 aliphatic rings. The normalized spacial score (nSPS) is 11.6. The van der Waals surface area contributed by atoms with Gasteiger partial charge in [0, 0.05) is 42.8 Å². The SMILES string of the molecule is CCNC(=O)N(CC(=O)N(CCc1c[nH]c2ccccc12)Cc1ccc(C(F)(F)F)cc1)C(C)C. The average molecular weight is 489 g/mol. The highest BCUT2D eigenvalue weighted by molar-refractivity contribution is 5.85. The largest absolute Gasteiger partial charge is 0.416 e. The number of carbonyl (C=O) groups is 2. The number of aromatic nitrogens is 1. The third kappa shape index (κ3) is 6.77. The Morgan fingerprint density at radius 1 is 1.06 bits per heavy atom. The molecule has 6 nitrogen and oxygen atoms in total. The van der Waals surface area contributed by atoms with Crippen molar-refractivity contribution in [3.05, 3.63) is 71.4 Å². The molecule has 0 saturated carbocycles. The van der Waals surface area contributed by atoms with Crippen LogP contribution in [0.5, 0.6) is 0 Å². The summed E-state index contributed by atoms with van der Waals surface area (Å²) in [5.74, 6) is -0.273. The molecular weight excluding hydrogens is 457 g/mol. The number of benzene rings is 2. The first-order valence-corrected chi connectivity index (χ1v) is 11.6. The van der Waals surface area contributed by atoms with Crippen LogP contribution in [0.15, 0.2) is 54.7 Å². The van der Waals surface area contributed by atoms with E-state index in [4.69, 9.17) is 0 Å². The molecular formula is C26H31F3N4O2. The van der Waals surface area contributed by atoms with Crippen LogP contribution in [0.1, 0.15) is 37.5 Å². The Labute approximate surface area is 203 Å². The number of urea groups is 1. The molecule has 2 N–H and O–H groups in total. The maximum atomic E-state index is 13.3. The maximum absolute atomic E-state index is 13.3. The summed E-state index contributed by atoms with van der Waals surface area (Å²) in [5.41, 5.74) is 1.88. The number of amides is 3. The number of aromatic amines is 1. The first-order chi connectivity index (χ1) is 16.6. The van der Waals surface area contributed by atoms with Gasteiger partial charge >= 0.3 is 12.2 Å². The molecule has 3 amide bonds. The van der Waals surface area contributed by atoms with E-state index in [1.807, 2.05) is 44.3 Å². The lowest BCUT2D eigenvalue weighted by molar-refractivity contribution is -0.137. The van der Waals surface area contributed by atoms with Gasteiger partial charge < -0.3 is 20.1 Å². The van der Waals surface area contributed by atoms with E-state index in [9.17, 15) is 22.8 Å². The summed E-state index contributed by atoms with van der Waals surface area (Å²) in [5, 5.41) is 3.78. The summed E-state index contributed by atoms with van der Waals surface area (Å²) in [6.45, 7) is 6.26. The summed E-state index contributed by atoms with van der Waals surface area (Å²) >= 11 is 0. The minimum Gasteiger partial charge on any atom is -0.361 e. The van der Waals surface area contributed by atoms with Crippen LogP contribution in [0.4, 0.5) is 18.0 Å². The zero-order chi connectivity index (χ0) is 25.6. The molecule has 0 atom stereocenters. The second-order valence-corrected chi connectivity index (χ2v) is 8.68. The minimum absolute atomic E-state index is 0.127. The van der Waals surface area contributed by atoms with Gasteiger partial charge in [-0.25, -0.2) is 4.79 Å². The van der Waals surface area contributed by atoms with Gasteiger partial charge in [-0.3, -0.25) is 4.79 Å². The molecule has 0 aliphatic heterocycles. The van der Waals surface area contributed by atoms with Crippen molar-refractivity contribution < 1.29 is 22.8 Å². The number of H-pyrrole nitrogens is 1. The lowest BCUT2D eigenvalue weighted by atomic mass is 10.1. The summed E-state index contributed by atoms with van der Waals surface area (Å²) in [6, 6.07) is 12.1. The molecule has 2 aromatic carbocycles. The molecule has 0 spiro atoms. The lowest BCUT2D eigenvalue weighted by Gasteiger charge is -2.30. The van der Waals surface area contributed by atoms with Crippen LogP contribution in [-0.2, 0) is 23.9 Å². The van der Waals surface area contributed by atoms with Crippen molar-refractivity contribution >= 4 is 22.8 Å². The first kappa shape index (κ1) is 26.1. The van der Waals surface area contributed by atoms with Gasteiger partial charge in [-0.15, -0.1) is 0 Å². The molecule has 0 fully saturated rings. The smallest absolute Gasteiger partial charge is 0.361 e. The second-order valence-electron chi connectivity index (χ2n) is 8.68. The Balaban J connectivity index is 1.81. The van der Waals surface area contributed by atoms with Crippen molar-refractivity contribution in [2.75, 3.05) is 19.6 Å². The first-order valence-electron chi connectivity index (χ1n) is 11.6. The summed E-state index contributed by atoms with van der Waals surface area (Å²) in [7, 11) is 0. The van der Waals surface area contributed by atoms with Gasteiger partial charge in [0.1, 0.15) is 6.54 Å². The Morgan fingerprint density at radius 3 is 2.37 bits per heavy atom. The minimum atomic E-state index is -4.42. The highest BCUT2D eigenvalue weighted by atomic mass is 19.4. The van der Waals surface area contributed by atoms with Crippen molar-refractivity contribution in [2.24, 2.45) is 0 Å². The predicted molar refractivity (Wildman–Crippen MR) is 130 cm³/mol. The highest BCUT2D eigenvalue weighted by Crippen LogP contribution is 2.29. The van der Waals surface area contributed by atoms with Crippen molar-refractivity contribution in [3.63, 3.8) is 0 Å². The summed E-state index contributed by atoms with van der Waals surface area (Å²) in [6.07, 6.45) is -1.96. The second kappa shape index (κ2) is 11.3. The molecule has 3 aromatic rings. The van der Waals surface area contributed by atoms with Crippen LogP contribution < -0.4 is 5.32 Å². The van der Waals surface area contributed by atoms with Gasteiger partial charge in [0.25, 0.3) is 0 Å². The number of rotatable bonds is 9. The Bertz CT molecular complexity index is 1140. The van der Waals surface area contributed by atoms with E-state index in [0.29, 0.717) is 25.1 Å². The fourth-order valence-electron chi connectivity index (χ4n) is 3.89. The number of nitrogens with zero attached hydrogens (tertiary/aromatic N) is 2. The zero-order valence-electron chi connectivity index (χ0n) is 20.2. The molecule has 0 unspecified atom stereocenters. The average Bonchev–Trinajstić information content (AvgIpc) is 3.22. The molecule has 0 radical (unpaired) electrons. The number of halogens is 3. The van der Waals surface area contributed by atoms with Crippen LogP contribution in [0.25, 0.3) is 10.9 Å². The van der Waals surface area contributed by atoms with Gasteiger partial charge in [-0.2, -0.15) is 13.2 Å². The number of fused-ring (bicyclic) bond motifs is 1. The molecule has 1 aromatic heterocycles. The van der Waals surface area contributed by atoms with E-state index >= 15 is 0 Å². The van der Waals surface area contributed by atoms with E-state index in [0.717, 1.165) is 28.6 Å². The number of hydrogen-bond donors (Lipinski definition) is 2. The summed E-state index contributed by atoms with van der Waals surface area (Å²) in [4.78, 5) is 32.1. The van der Waals surface area contributed by atoms with E-state index in [-0.39, 0.29) is 31.1 Å². The highest BCUT2D eigenvalue weighted by Gasteiger charge is 2.30. The van der Waals surface area contributed by atoms with Crippen LogP contribution in [0.3, 0.4) is 0 Å². The van der Waals surface area contributed by atoms with Gasteiger partial charge in [-0.05, 0) is 56.5 Å². The maximum Gasteiger partial charge on any atom is 0.416 e. The van der Waals surface area contributed by atoms with E-state index in [1.165, 1.54) is 17.0 Å². The zero-order valence-corrected chi connectivity index (χ0v) is 20.2. The van der Waals surface area contributed by atoms with Crippen LogP contribution >= 0.6 is 0 Å². The molecule has 0 bridgehead atoms. The fraction of sp³-hybridized carbons (Fsp3) is 0.385. The van der Waals surface area contributed by atoms with Gasteiger partial charge in [-0.1, -0.05) is 30.3 Å². The third-order valence-electron chi connectivity index (χ3n) is 5.85. The van der Waals surface area contributed by atoms with Crippen LogP contribution in [-0.4, -0.2) is 52.4 Å². The number of hydrogen-bond acceptors (Lipinski definition) is 2. The fourth-order valence-corrected chi connectivity index (χ4v) is 3.89. The van der Waals surface area contributed by atoms with Crippen molar-refractivity contribution in [3.8, 4) is 0 Å². The topological polar surface area (TPSA) is 68.4 Å². The Morgan fingerprint density at radius 2 is 1.74 bits per heavy atom. The molecule has 0 aliphatic carbocycles. The van der Waals surface area contributed by atoms with E-state index in [1.54, 1.807) is 11.8 Å². The van der Waals surface area contributed by atoms with Gasteiger partial charge in [0.05, 0.1) is 5.56 Å². The van der Waals surface area contributed by atoms with E-state index in [2.05, 4.69) is 10.3 Å².